The molecule has 1 fully saturated rings. The SMILES string of the molecule is CCN1CCC(Oc2c(N)ncc3[nH]c4ncc(-c5cnn(C)c5)cc4c23)CC1. The molecule has 150 valence electrons. The van der Waals surface area contributed by atoms with Crippen molar-refractivity contribution in [2.24, 2.45) is 7.05 Å². The standard InChI is InChI=1S/C21H25N7O/c1-3-28-6-4-15(5-7-28)29-19-18-16-8-13(14-10-25-27(2)12-14)9-24-21(16)26-17(18)11-23-20(19)22/h8-12,15H,3-7H2,1-2H3,(H2,22,23)(H,24,26). The number of nitrogens with one attached hydrogen (secondary N) is 1. The summed E-state index contributed by atoms with van der Waals surface area (Å²) < 4.78 is 8.22. The van der Waals surface area contributed by atoms with Crippen LogP contribution in [0.2, 0.25) is 0 Å². The second-order valence-electron chi connectivity index (χ2n) is 7.66. The van der Waals surface area contributed by atoms with Crippen LogP contribution in [0.25, 0.3) is 33.1 Å². The van der Waals surface area contributed by atoms with E-state index < -0.39 is 0 Å². The molecule has 1 aliphatic heterocycles. The Morgan fingerprint density at radius 2 is 2.00 bits per heavy atom. The van der Waals surface area contributed by atoms with E-state index in [1.54, 1.807) is 10.9 Å². The molecule has 0 aliphatic carbocycles. The van der Waals surface area contributed by atoms with E-state index in [4.69, 9.17) is 10.5 Å². The van der Waals surface area contributed by atoms with Crippen molar-refractivity contribution in [1.82, 2.24) is 29.6 Å². The maximum atomic E-state index is 6.43. The Balaban J connectivity index is 1.58. The van der Waals surface area contributed by atoms with Crippen LogP contribution in [0.4, 0.5) is 5.82 Å². The molecule has 4 aromatic heterocycles. The van der Waals surface area contributed by atoms with Crippen molar-refractivity contribution in [3.63, 3.8) is 0 Å². The minimum Gasteiger partial charge on any atom is -0.486 e. The van der Waals surface area contributed by atoms with E-state index >= 15 is 0 Å². The summed E-state index contributed by atoms with van der Waals surface area (Å²) in [5.74, 6) is 1.08. The Hall–Kier alpha value is -3.13. The zero-order chi connectivity index (χ0) is 20.0. The number of nitrogens with zero attached hydrogens (tertiary/aromatic N) is 5. The molecular formula is C21H25N7O. The molecule has 29 heavy (non-hydrogen) atoms. The van der Waals surface area contributed by atoms with Crippen LogP contribution in [0.5, 0.6) is 5.75 Å². The number of ether oxygens (including phenoxy) is 1. The first-order valence-electron chi connectivity index (χ1n) is 10.1. The van der Waals surface area contributed by atoms with Crippen molar-refractivity contribution >= 4 is 27.8 Å². The number of rotatable bonds is 4. The zero-order valence-corrected chi connectivity index (χ0v) is 16.7. The fourth-order valence-corrected chi connectivity index (χ4v) is 4.11. The molecule has 1 saturated heterocycles. The number of nitrogen functional groups attached to an aromatic ring is 1. The Labute approximate surface area is 168 Å². The monoisotopic (exact) mass is 391 g/mol. The lowest BCUT2D eigenvalue weighted by Crippen LogP contribution is -2.38. The van der Waals surface area contributed by atoms with Gasteiger partial charge < -0.3 is 20.4 Å². The third-order valence-electron chi connectivity index (χ3n) is 5.78. The summed E-state index contributed by atoms with van der Waals surface area (Å²) in [5.41, 5.74) is 9.97. The molecule has 0 aromatic carbocycles. The van der Waals surface area contributed by atoms with E-state index in [-0.39, 0.29) is 6.10 Å². The van der Waals surface area contributed by atoms with Gasteiger partial charge >= 0.3 is 0 Å². The summed E-state index contributed by atoms with van der Waals surface area (Å²) in [7, 11) is 1.91. The fraction of sp³-hybridized carbons (Fsp3) is 0.381. The van der Waals surface area contributed by atoms with Gasteiger partial charge in [-0.2, -0.15) is 5.10 Å². The summed E-state index contributed by atoms with van der Waals surface area (Å²) in [4.78, 5) is 14.8. The van der Waals surface area contributed by atoms with Crippen LogP contribution >= 0.6 is 0 Å². The van der Waals surface area contributed by atoms with Crippen molar-refractivity contribution in [2.75, 3.05) is 25.4 Å². The Kier molecular flexibility index (Phi) is 4.35. The fourth-order valence-electron chi connectivity index (χ4n) is 4.11. The van der Waals surface area contributed by atoms with Gasteiger partial charge in [0.05, 0.1) is 23.3 Å². The van der Waals surface area contributed by atoms with Crippen molar-refractivity contribution in [3.05, 3.63) is 30.9 Å². The third-order valence-corrected chi connectivity index (χ3v) is 5.78. The highest BCUT2D eigenvalue weighted by Gasteiger charge is 2.23. The lowest BCUT2D eigenvalue weighted by atomic mass is 10.1. The van der Waals surface area contributed by atoms with E-state index in [1.807, 2.05) is 25.6 Å². The van der Waals surface area contributed by atoms with Crippen molar-refractivity contribution in [1.29, 1.82) is 0 Å². The number of hydrogen-bond acceptors (Lipinski definition) is 6. The lowest BCUT2D eigenvalue weighted by molar-refractivity contribution is 0.105. The molecule has 8 heteroatoms. The van der Waals surface area contributed by atoms with Crippen LogP contribution in [0.3, 0.4) is 0 Å². The van der Waals surface area contributed by atoms with Gasteiger partial charge in [-0.1, -0.05) is 6.92 Å². The van der Waals surface area contributed by atoms with Gasteiger partial charge in [0.2, 0.25) is 0 Å². The van der Waals surface area contributed by atoms with Crippen LogP contribution in [0.1, 0.15) is 19.8 Å². The van der Waals surface area contributed by atoms with Crippen LogP contribution in [0.15, 0.2) is 30.9 Å². The van der Waals surface area contributed by atoms with Crippen molar-refractivity contribution < 1.29 is 4.74 Å². The van der Waals surface area contributed by atoms with Gasteiger partial charge in [-0.25, -0.2) is 9.97 Å². The first-order chi connectivity index (χ1) is 14.1. The summed E-state index contributed by atoms with van der Waals surface area (Å²) in [6.45, 7) is 5.37. The van der Waals surface area contributed by atoms with E-state index in [2.05, 4.69) is 37.9 Å². The largest absolute Gasteiger partial charge is 0.486 e. The minimum absolute atomic E-state index is 0.145. The minimum atomic E-state index is 0.145. The number of nitrogens with two attached hydrogens (primary N) is 1. The second-order valence-corrected chi connectivity index (χ2v) is 7.66. The van der Waals surface area contributed by atoms with Crippen LogP contribution in [0, 0.1) is 0 Å². The maximum absolute atomic E-state index is 6.43. The summed E-state index contributed by atoms with van der Waals surface area (Å²) >= 11 is 0. The van der Waals surface area contributed by atoms with Gasteiger partial charge in [0, 0.05) is 49.0 Å². The summed E-state index contributed by atoms with van der Waals surface area (Å²) in [5, 5.41) is 6.20. The number of fused-ring (bicyclic) bond motifs is 3. The molecule has 4 aromatic rings. The van der Waals surface area contributed by atoms with E-state index in [1.165, 1.54) is 0 Å². The predicted molar refractivity (Wildman–Crippen MR) is 114 cm³/mol. The molecule has 0 unspecified atom stereocenters. The van der Waals surface area contributed by atoms with Crippen LogP contribution in [-0.2, 0) is 7.05 Å². The molecule has 0 spiro atoms. The van der Waals surface area contributed by atoms with Gasteiger partial charge in [0.1, 0.15) is 11.8 Å². The topological polar surface area (TPSA) is 97.9 Å². The average Bonchev–Trinajstić information content (AvgIpc) is 3.33. The normalized spacial score (nSPS) is 16.1. The number of piperidine rings is 1. The Bertz CT molecular complexity index is 1170. The quantitative estimate of drug-likeness (QED) is 0.555. The highest BCUT2D eigenvalue weighted by molar-refractivity contribution is 6.11. The molecule has 0 saturated carbocycles. The number of hydrogen-bond donors (Lipinski definition) is 2. The maximum Gasteiger partial charge on any atom is 0.171 e. The molecular weight excluding hydrogens is 366 g/mol. The number of anilines is 1. The van der Waals surface area contributed by atoms with Gasteiger partial charge in [-0.3, -0.25) is 4.68 Å². The molecule has 0 bridgehead atoms. The van der Waals surface area contributed by atoms with Gasteiger partial charge in [-0.15, -0.1) is 0 Å². The van der Waals surface area contributed by atoms with Gasteiger partial charge in [-0.05, 0) is 25.5 Å². The van der Waals surface area contributed by atoms with Gasteiger partial charge in [0.25, 0.3) is 0 Å². The number of aromatic nitrogens is 5. The van der Waals surface area contributed by atoms with Crippen LogP contribution in [-0.4, -0.2) is 55.4 Å². The molecule has 3 N–H and O–H groups in total. The lowest BCUT2D eigenvalue weighted by Gasteiger charge is -2.31. The van der Waals surface area contributed by atoms with Gasteiger partial charge in [0.15, 0.2) is 11.6 Å². The number of aryl methyl sites for hydroxylation is 1. The molecule has 0 amide bonds. The Morgan fingerprint density at radius 3 is 2.72 bits per heavy atom. The first kappa shape index (κ1) is 17.9. The smallest absolute Gasteiger partial charge is 0.171 e. The Morgan fingerprint density at radius 1 is 1.17 bits per heavy atom. The third kappa shape index (κ3) is 3.19. The number of likely N-dealkylation sites (tertiary alicyclic amines) is 1. The summed E-state index contributed by atoms with van der Waals surface area (Å²) in [6, 6.07) is 2.12. The van der Waals surface area contributed by atoms with Crippen molar-refractivity contribution in [2.45, 2.75) is 25.9 Å². The number of pyridine rings is 2. The molecule has 1 aliphatic rings. The number of H-pyrrole nitrogens is 1. The molecule has 0 radical (unpaired) electrons. The second kappa shape index (κ2) is 7.04. The zero-order valence-electron chi connectivity index (χ0n) is 16.7. The molecule has 0 atom stereocenters. The van der Waals surface area contributed by atoms with Crippen LogP contribution < -0.4 is 10.5 Å². The van der Waals surface area contributed by atoms with E-state index in [0.717, 1.165) is 65.5 Å². The average molecular weight is 391 g/mol. The highest BCUT2D eigenvalue weighted by atomic mass is 16.5. The number of aromatic amines is 1. The van der Waals surface area contributed by atoms with E-state index in [9.17, 15) is 0 Å². The van der Waals surface area contributed by atoms with Crippen molar-refractivity contribution in [3.8, 4) is 16.9 Å². The van der Waals surface area contributed by atoms with E-state index in [0.29, 0.717) is 11.6 Å². The predicted octanol–water partition coefficient (Wildman–Crippen LogP) is 2.96. The molecule has 8 nitrogen and oxygen atoms in total. The molecule has 5 heterocycles. The molecule has 5 rings (SSSR count). The summed E-state index contributed by atoms with van der Waals surface area (Å²) in [6.07, 6.45) is 9.55. The first-order valence-corrected chi connectivity index (χ1v) is 10.1. The highest BCUT2D eigenvalue weighted by Crippen LogP contribution is 2.38.